The molecule has 4 bridgehead atoms. The molecule has 4 fully saturated rings. The molecular formula is C32H42FN3O4S. The Labute approximate surface area is 243 Å². The van der Waals surface area contributed by atoms with Gasteiger partial charge in [0.1, 0.15) is 18.4 Å². The highest BCUT2D eigenvalue weighted by molar-refractivity contribution is 7.92. The van der Waals surface area contributed by atoms with Gasteiger partial charge in [0.05, 0.1) is 11.9 Å². The Balaban J connectivity index is 1.37. The fraction of sp³-hybridized carbons (Fsp3) is 0.562. The third-order valence-electron chi connectivity index (χ3n) is 9.47. The summed E-state index contributed by atoms with van der Waals surface area (Å²) in [6, 6.07) is 12.6. The maximum absolute atomic E-state index is 13.7. The molecule has 0 spiro atoms. The van der Waals surface area contributed by atoms with Crippen LogP contribution in [-0.4, -0.2) is 50.5 Å². The van der Waals surface area contributed by atoms with Gasteiger partial charge in [-0.3, -0.25) is 13.9 Å². The summed E-state index contributed by atoms with van der Waals surface area (Å²) in [5, 5.41) is 2.81. The molecule has 2 aromatic carbocycles. The van der Waals surface area contributed by atoms with Gasteiger partial charge < -0.3 is 10.2 Å². The van der Waals surface area contributed by atoms with Gasteiger partial charge in [-0.25, -0.2) is 12.8 Å². The molecule has 1 unspecified atom stereocenters. The number of hydrogen-bond donors (Lipinski definition) is 1. The molecule has 41 heavy (non-hydrogen) atoms. The Kier molecular flexibility index (Phi) is 8.46. The maximum atomic E-state index is 13.7. The van der Waals surface area contributed by atoms with Crippen LogP contribution in [0.1, 0.15) is 69.9 Å². The Morgan fingerprint density at radius 3 is 2.05 bits per heavy atom. The lowest BCUT2D eigenvalue weighted by atomic mass is 9.48. The lowest BCUT2D eigenvalue weighted by Crippen LogP contribution is -2.51. The van der Waals surface area contributed by atoms with Crippen molar-refractivity contribution in [2.75, 3.05) is 23.7 Å². The lowest BCUT2D eigenvalue weighted by Gasteiger charge is -2.57. The predicted octanol–water partition coefficient (Wildman–Crippen LogP) is 5.00. The minimum atomic E-state index is -3.81. The molecule has 0 heterocycles. The molecule has 222 valence electrons. The van der Waals surface area contributed by atoms with Crippen molar-refractivity contribution in [3.63, 3.8) is 0 Å². The zero-order valence-electron chi connectivity index (χ0n) is 24.3. The van der Waals surface area contributed by atoms with E-state index in [1.54, 1.807) is 19.1 Å². The van der Waals surface area contributed by atoms with E-state index in [0.29, 0.717) is 17.8 Å². The number of carbonyl (C=O) groups is 2. The van der Waals surface area contributed by atoms with Crippen molar-refractivity contribution in [2.45, 2.75) is 76.8 Å². The summed E-state index contributed by atoms with van der Waals surface area (Å²) in [7, 11) is -3.81. The molecule has 4 aliphatic carbocycles. The van der Waals surface area contributed by atoms with E-state index in [9.17, 15) is 22.4 Å². The number of amides is 2. The highest BCUT2D eigenvalue weighted by Gasteiger charge is 2.51. The first-order valence-corrected chi connectivity index (χ1v) is 16.7. The van der Waals surface area contributed by atoms with Gasteiger partial charge in [0.25, 0.3) is 0 Å². The Morgan fingerprint density at radius 1 is 0.976 bits per heavy atom. The van der Waals surface area contributed by atoms with Crippen LogP contribution in [0.4, 0.5) is 10.1 Å². The summed E-state index contributed by atoms with van der Waals surface area (Å²) < 4.78 is 40.6. The number of carbonyl (C=O) groups excluding carboxylic acids is 2. The third kappa shape index (κ3) is 6.45. The SMILES string of the molecule is CCCNC(=O)C(C)N(Cc1ccc(F)cc1)C(=O)CN(c1ccc(C23CC4CC(CC(C4)C2)C3)cc1)S(C)(=O)=O. The number of halogens is 1. The molecule has 6 rings (SSSR count). The van der Waals surface area contributed by atoms with Gasteiger partial charge in [0.15, 0.2) is 0 Å². The Morgan fingerprint density at radius 2 is 1.54 bits per heavy atom. The molecule has 2 aromatic rings. The Bertz CT molecular complexity index is 1330. The topological polar surface area (TPSA) is 86.8 Å². The van der Waals surface area contributed by atoms with Crippen LogP contribution in [-0.2, 0) is 31.6 Å². The molecule has 0 aromatic heterocycles. The molecule has 0 saturated heterocycles. The Hall–Kier alpha value is -2.94. The van der Waals surface area contributed by atoms with Crippen LogP contribution >= 0.6 is 0 Å². The van der Waals surface area contributed by atoms with Crippen molar-refractivity contribution < 1.29 is 22.4 Å². The summed E-state index contributed by atoms with van der Waals surface area (Å²) in [5.74, 6) is 1.16. The molecule has 2 amide bonds. The van der Waals surface area contributed by atoms with Crippen LogP contribution < -0.4 is 9.62 Å². The van der Waals surface area contributed by atoms with Crippen molar-refractivity contribution in [1.29, 1.82) is 0 Å². The molecule has 4 saturated carbocycles. The van der Waals surface area contributed by atoms with Crippen LogP contribution in [0, 0.1) is 23.6 Å². The molecule has 1 N–H and O–H groups in total. The van der Waals surface area contributed by atoms with Crippen LogP contribution in [0.3, 0.4) is 0 Å². The van der Waals surface area contributed by atoms with Gasteiger partial charge in [0.2, 0.25) is 21.8 Å². The summed E-state index contributed by atoms with van der Waals surface area (Å²) in [6.07, 6.45) is 9.52. The zero-order chi connectivity index (χ0) is 29.4. The summed E-state index contributed by atoms with van der Waals surface area (Å²) in [4.78, 5) is 27.9. The number of hydrogen-bond acceptors (Lipinski definition) is 4. The molecule has 7 nitrogen and oxygen atoms in total. The highest BCUT2D eigenvalue weighted by atomic mass is 32.2. The second-order valence-electron chi connectivity index (χ2n) is 12.6. The average Bonchev–Trinajstić information content (AvgIpc) is 2.92. The van der Waals surface area contributed by atoms with E-state index < -0.39 is 34.3 Å². The number of benzene rings is 2. The molecule has 9 heteroatoms. The molecule has 1 atom stereocenters. The van der Waals surface area contributed by atoms with Crippen LogP contribution in [0.5, 0.6) is 0 Å². The van der Waals surface area contributed by atoms with Crippen molar-refractivity contribution in [1.82, 2.24) is 10.2 Å². The highest BCUT2D eigenvalue weighted by Crippen LogP contribution is 2.60. The van der Waals surface area contributed by atoms with E-state index in [-0.39, 0.29) is 17.9 Å². The number of anilines is 1. The van der Waals surface area contributed by atoms with Crippen LogP contribution in [0.15, 0.2) is 48.5 Å². The average molecular weight is 584 g/mol. The van der Waals surface area contributed by atoms with Crippen molar-refractivity contribution >= 4 is 27.5 Å². The zero-order valence-corrected chi connectivity index (χ0v) is 25.1. The summed E-state index contributed by atoms with van der Waals surface area (Å²) >= 11 is 0. The van der Waals surface area contributed by atoms with Gasteiger partial charge in [-0.05, 0) is 110 Å². The molecular weight excluding hydrogens is 541 g/mol. The van der Waals surface area contributed by atoms with Gasteiger partial charge in [-0.2, -0.15) is 0 Å². The van der Waals surface area contributed by atoms with Gasteiger partial charge >= 0.3 is 0 Å². The third-order valence-corrected chi connectivity index (χ3v) is 10.6. The number of nitrogens with zero attached hydrogens (tertiary/aromatic N) is 2. The van der Waals surface area contributed by atoms with E-state index in [1.165, 1.54) is 61.1 Å². The molecule has 4 aliphatic rings. The number of sulfonamides is 1. The van der Waals surface area contributed by atoms with Crippen LogP contribution in [0.2, 0.25) is 0 Å². The minimum Gasteiger partial charge on any atom is -0.354 e. The lowest BCUT2D eigenvalue weighted by molar-refractivity contribution is -0.139. The fourth-order valence-corrected chi connectivity index (χ4v) is 8.67. The first kappa shape index (κ1) is 29.5. The van der Waals surface area contributed by atoms with Gasteiger partial charge in [0, 0.05) is 13.1 Å². The van der Waals surface area contributed by atoms with E-state index in [4.69, 9.17) is 0 Å². The quantitative estimate of drug-likeness (QED) is 0.403. The number of rotatable bonds is 11. The van der Waals surface area contributed by atoms with Crippen molar-refractivity contribution in [2.24, 2.45) is 17.8 Å². The first-order chi connectivity index (χ1) is 19.5. The summed E-state index contributed by atoms with van der Waals surface area (Å²) in [6.45, 7) is 3.63. The predicted molar refractivity (Wildman–Crippen MR) is 158 cm³/mol. The second kappa shape index (κ2) is 11.7. The maximum Gasteiger partial charge on any atom is 0.244 e. The van der Waals surface area contributed by atoms with Gasteiger partial charge in [-0.15, -0.1) is 0 Å². The second-order valence-corrected chi connectivity index (χ2v) is 14.5. The molecule has 0 radical (unpaired) electrons. The number of nitrogens with one attached hydrogen (secondary N) is 1. The minimum absolute atomic E-state index is 0.0440. The normalized spacial score (nSPS) is 25.5. The standard InChI is InChI=1S/C32H42FN3O4S/c1-4-13-34-31(38)22(2)35(20-23-5-9-28(33)10-6-23)30(37)21-36(41(3,39)40)29-11-7-27(8-12-29)32-17-24-14-25(18-32)16-26(15-24)19-32/h5-12,22,24-26H,4,13-21H2,1-3H3,(H,34,38). The van der Waals surface area contributed by atoms with E-state index in [0.717, 1.165) is 34.7 Å². The van der Waals surface area contributed by atoms with E-state index in [2.05, 4.69) is 17.4 Å². The van der Waals surface area contributed by atoms with E-state index in [1.807, 2.05) is 19.1 Å². The van der Waals surface area contributed by atoms with Crippen molar-refractivity contribution in [3.05, 3.63) is 65.5 Å². The fourth-order valence-electron chi connectivity index (χ4n) is 7.82. The van der Waals surface area contributed by atoms with E-state index >= 15 is 0 Å². The smallest absolute Gasteiger partial charge is 0.244 e. The monoisotopic (exact) mass is 583 g/mol. The largest absolute Gasteiger partial charge is 0.354 e. The molecule has 0 aliphatic heterocycles. The van der Waals surface area contributed by atoms with Crippen molar-refractivity contribution in [3.8, 4) is 0 Å². The van der Waals surface area contributed by atoms with Gasteiger partial charge in [-0.1, -0.05) is 31.2 Å². The summed E-state index contributed by atoms with van der Waals surface area (Å²) in [5.41, 5.74) is 2.53. The van der Waals surface area contributed by atoms with Crippen LogP contribution in [0.25, 0.3) is 0 Å². The first-order valence-electron chi connectivity index (χ1n) is 14.9.